The number of nitrogens with one attached hydrogen (secondary N) is 1. The van der Waals surface area contributed by atoms with Crippen LogP contribution < -0.4 is 5.32 Å². The average Bonchev–Trinajstić information content (AvgIpc) is 3.00. The summed E-state index contributed by atoms with van der Waals surface area (Å²) in [5, 5.41) is 7.20. The first-order valence-corrected chi connectivity index (χ1v) is 6.59. The number of amides is 1. The summed E-state index contributed by atoms with van der Waals surface area (Å²) in [6.45, 7) is 2.32. The lowest BCUT2D eigenvalue weighted by atomic mass is 10.1. The molecule has 2 rings (SSSR count). The Bertz CT molecular complexity index is 432. The molecule has 2 unspecified atom stereocenters. The normalized spacial score (nSPS) is 20.8. The van der Waals surface area contributed by atoms with Crippen LogP contribution in [0, 0.1) is 5.92 Å². The fourth-order valence-electron chi connectivity index (χ4n) is 2.61. The van der Waals surface area contributed by atoms with Gasteiger partial charge in [0.2, 0.25) is 5.91 Å². The summed E-state index contributed by atoms with van der Waals surface area (Å²) in [6, 6.07) is -0.310. The molecule has 2 heterocycles. The lowest BCUT2D eigenvalue weighted by Crippen LogP contribution is -2.38. The summed E-state index contributed by atoms with van der Waals surface area (Å²) >= 11 is 0. The summed E-state index contributed by atoms with van der Waals surface area (Å²) in [7, 11) is 5.36. The van der Waals surface area contributed by atoms with E-state index >= 15 is 0 Å². The Labute approximate surface area is 113 Å². The van der Waals surface area contributed by atoms with Gasteiger partial charge in [0.05, 0.1) is 12.8 Å². The van der Waals surface area contributed by atoms with Crippen LogP contribution in [0.15, 0.2) is 12.4 Å². The second-order valence-corrected chi connectivity index (χ2v) is 5.06. The molecule has 1 saturated heterocycles. The highest BCUT2D eigenvalue weighted by atomic mass is 16.5. The molecule has 6 heteroatoms. The molecule has 0 bridgehead atoms. The Morgan fingerprint density at radius 1 is 1.68 bits per heavy atom. The third-order valence-corrected chi connectivity index (χ3v) is 3.59. The molecule has 1 N–H and O–H groups in total. The van der Waals surface area contributed by atoms with Gasteiger partial charge in [0.15, 0.2) is 0 Å². The van der Waals surface area contributed by atoms with Gasteiger partial charge in [0.25, 0.3) is 0 Å². The minimum atomic E-state index is -0.310. The molecule has 0 saturated carbocycles. The maximum absolute atomic E-state index is 12.5. The maximum Gasteiger partial charge on any atom is 0.244 e. The van der Waals surface area contributed by atoms with E-state index in [1.54, 1.807) is 25.0 Å². The molecule has 1 aromatic heterocycles. The quantitative estimate of drug-likeness (QED) is 0.825. The van der Waals surface area contributed by atoms with Gasteiger partial charge in [-0.25, -0.2) is 0 Å². The molecule has 0 aliphatic carbocycles. The summed E-state index contributed by atoms with van der Waals surface area (Å²) in [4.78, 5) is 14.4. The maximum atomic E-state index is 12.5. The minimum absolute atomic E-state index is 0.120. The van der Waals surface area contributed by atoms with Gasteiger partial charge in [0.1, 0.15) is 6.04 Å². The molecule has 1 amide bonds. The molecule has 0 radical (unpaired) electrons. The summed E-state index contributed by atoms with van der Waals surface area (Å²) in [6.07, 6.45) is 4.63. The summed E-state index contributed by atoms with van der Waals surface area (Å²) in [5.41, 5.74) is 0.908. The number of ether oxygens (including phenoxy) is 1. The van der Waals surface area contributed by atoms with E-state index < -0.39 is 0 Å². The molecule has 106 valence electrons. The van der Waals surface area contributed by atoms with E-state index in [0.29, 0.717) is 5.92 Å². The van der Waals surface area contributed by atoms with Gasteiger partial charge >= 0.3 is 0 Å². The minimum Gasteiger partial charge on any atom is -0.384 e. The van der Waals surface area contributed by atoms with Crippen LogP contribution in [0.5, 0.6) is 0 Å². The van der Waals surface area contributed by atoms with E-state index in [9.17, 15) is 4.79 Å². The number of nitrogens with zero attached hydrogens (tertiary/aromatic N) is 3. The van der Waals surface area contributed by atoms with E-state index in [1.807, 2.05) is 18.1 Å². The smallest absolute Gasteiger partial charge is 0.244 e. The van der Waals surface area contributed by atoms with Crippen molar-refractivity contribution in [3.8, 4) is 0 Å². The zero-order valence-corrected chi connectivity index (χ0v) is 11.8. The largest absolute Gasteiger partial charge is 0.384 e. The topological polar surface area (TPSA) is 59.4 Å². The van der Waals surface area contributed by atoms with Crippen LogP contribution in [0.1, 0.15) is 18.0 Å². The number of carbonyl (C=O) groups excluding carboxylic acids is 1. The number of aryl methyl sites for hydroxylation is 1. The van der Waals surface area contributed by atoms with Crippen LogP contribution in [0.3, 0.4) is 0 Å². The predicted octanol–water partition coefficient (Wildman–Crippen LogP) is 0.175. The van der Waals surface area contributed by atoms with Gasteiger partial charge in [-0.1, -0.05) is 0 Å². The van der Waals surface area contributed by atoms with Gasteiger partial charge in [0, 0.05) is 44.9 Å². The first kappa shape index (κ1) is 14.0. The number of likely N-dealkylation sites (tertiary alicyclic amines) is 1. The Balaban J connectivity index is 2.02. The van der Waals surface area contributed by atoms with Crippen molar-refractivity contribution in [2.24, 2.45) is 13.0 Å². The first-order chi connectivity index (χ1) is 9.15. The van der Waals surface area contributed by atoms with Crippen LogP contribution in [0.2, 0.25) is 0 Å². The van der Waals surface area contributed by atoms with E-state index in [1.165, 1.54) is 0 Å². The van der Waals surface area contributed by atoms with Crippen LogP contribution in [0.25, 0.3) is 0 Å². The van der Waals surface area contributed by atoms with Gasteiger partial charge in [-0.05, 0) is 13.5 Å². The van der Waals surface area contributed by atoms with Crippen molar-refractivity contribution in [2.75, 3.05) is 33.9 Å². The molecule has 1 aliphatic heterocycles. The molecule has 1 fully saturated rings. The molecular formula is C13H22N4O2. The summed E-state index contributed by atoms with van der Waals surface area (Å²) in [5.74, 6) is 0.578. The zero-order valence-electron chi connectivity index (χ0n) is 11.8. The van der Waals surface area contributed by atoms with Crippen LogP contribution in [-0.2, 0) is 16.6 Å². The number of hydrogen-bond acceptors (Lipinski definition) is 4. The van der Waals surface area contributed by atoms with Crippen molar-refractivity contribution in [2.45, 2.75) is 12.5 Å². The van der Waals surface area contributed by atoms with Crippen LogP contribution >= 0.6 is 0 Å². The van der Waals surface area contributed by atoms with Crippen molar-refractivity contribution in [3.05, 3.63) is 18.0 Å². The molecule has 1 aromatic rings. The molecule has 1 aliphatic rings. The summed E-state index contributed by atoms with van der Waals surface area (Å²) < 4.78 is 6.87. The van der Waals surface area contributed by atoms with E-state index in [0.717, 1.165) is 31.7 Å². The monoisotopic (exact) mass is 266 g/mol. The molecule has 6 nitrogen and oxygen atoms in total. The fourth-order valence-corrected chi connectivity index (χ4v) is 2.61. The van der Waals surface area contributed by atoms with Gasteiger partial charge in [-0.2, -0.15) is 5.10 Å². The molecular weight excluding hydrogens is 244 g/mol. The SMILES string of the molecule is CNC(C(=O)N1CCC(COC)C1)c1cnn(C)c1. The van der Waals surface area contributed by atoms with E-state index in [4.69, 9.17) is 4.74 Å². The first-order valence-electron chi connectivity index (χ1n) is 6.59. The Hall–Kier alpha value is -1.40. The number of carbonyl (C=O) groups is 1. The predicted molar refractivity (Wildman–Crippen MR) is 71.6 cm³/mol. The van der Waals surface area contributed by atoms with Crippen LogP contribution in [-0.4, -0.2) is 54.4 Å². The number of likely N-dealkylation sites (N-methyl/N-ethyl adjacent to an activating group) is 1. The van der Waals surface area contributed by atoms with Crippen molar-refractivity contribution in [1.82, 2.24) is 20.0 Å². The van der Waals surface area contributed by atoms with Crippen molar-refractivity contribution in [3.63, 3.8) is 0 Å². The molecule has 0 aromatic carbocycles. The highest BCUT2D eigenvalue weighted by Gasteiger charge is 2.31. The third kappa shape index (κ3) is 3.13. The van der Waals surface area contributed by atoms with Crippen molar-refractivity contribution in [1.29, 1.82) is 0 Å². The van der Waals surface area contributed by atoms with Crippen molar-refractivity contribution < 1.29 is 9.53 Å². The fraction of sp³-hybridized carbons (Fsp3) is 0.692. The highest BCUT2D eigenvalue weighted by Crippen LogP contribution is 2.21. The zero-order chi connectivity index (χ0) is 13.8. The highest BCUT2D eigenvalue weighted by molar-refractivity contribution is 5.83. The molecule has 2 atom stereocenters. The Morgan fingerprint density at radius 2 is 2.47 bits per heavy atom. The van der Waals surface area contributed by atoms with Gasteiger partial charge in [-0.3, -0.25) is 9.48 Å². The van der Waals surface area contributed by atoms with E-state index in [-0.39, 0.29) is 11.9 Å². The Kier molecular flexibility index (Phi) is 4.55. The van der Waals surface area contributed by atoms with Crippen LogP contribution in [0.4, 0.5) is 0 Å². The van der Waals surface area contributed by atoms with Gasteiger partial charge in [-0.15, -0.1) is 0 Å². The molecule has 19 heavy (non-hydrogen) atoms. The standard InChI is InChI=1S/C13H22N4O2/c1-14-12(11-6-15-16(2)8-11)13(18)17-5-4-10(7-17)9-19-3/h6,8,10,12,14H,4-5,7,9H2,1-3H3. The second-order valence-electron chi connectivity index (χ2n) is 5.06. The third-order valence-electron chi connectivity index (χ3n) is 3.59. The number of aromatic nitrogens is 2. The number of rotatable bonds is 5. The Morgan fingerprint density at radius 3 is 3.05 bits per heavy atom. The molecule has 0 spiro atoms. The number of methoxy groups -OCH3 is 1. The lowest BCUT2D eigenvalue weighted by molar-refractivity contribution is -0.132. The average molecular weight is 266 g/mol. The second kappa shape index (κ2) is 6.16. The number of hydrogen-bond donors (Lipinski definition) is 1. The van der Waals surface area contributed by atoms with E-state index in [2.05, 4.69) is 10.4 Å². The lowest BCUT2D eigenvalue weighted by Gasteiger charge is -2.22. The van der Waals surface area contributed by atoms with Gasteiger partial charge < -0.3 is 15.0 Å². The van der Waals surface area contributed by atoms with Crippen molar-refractivity contribution >= 4 is 5.91 Å².